The number of nitrogens with zero attached hydrogens (tertiary/aromatic N) is 1. The Morgan fingerprint density at radius 2 is 1.74 bits per heavy atom. The summed E-state index contributed by atoms with van der Waals surface area (Å²) in [5.41, 5.74) is 2.09. The van der Waals surface area contributed by atoms with Gasteiger partial charge in [0.25, 0.3) is 0 Å². The number of hydrogen-bond acceptors (Lipinski definition) is 6. The van der Waals surface area contributed by atoms with Crippen LogP contribution in [0.2, 0.25) is 0 Å². The Morgan fingerprint density at radius 1 is 1.06 bits per heavy atom. The van der Waals surface area contributed by atoms with Gasteiger partial charge in [-0.3, -0.25) is 4.79 Å². The molecular weight excluding hydrogens is 420 g/mol. The van der Waals surface area contributed by atoms with Crippen LogP contribution in [0.4, 0.5) is 5.69 Å². The third-order valence-corrected chi connectivity index (χ3v) is 6.74. The first-order valence-corrected chi connectivity index (χ1v) is 11.2. The first-order valence-electron chi connectivity index (χ1n) is 9.75. The Balaban J connectivity index is 1.82. The monoisotopic (exact) mass is 446 g/mol. The van der Waals surface area contributed by atoms with E-state index in [1.54, 1.807) is 24.3 Å². The number of carbonyl (C=O) groups excluding carboxylic acids is 1. The average Bonchev–Trinajstić information content (AvgIpc) is 2.78. The zero-order valence-electron chi connectivity index (χ0n) is 17.8. The fraction of sp³-hybridized carbons (Fsp3) is 0.318. The number of anilines is 1. The van der Waals surface area contributed by atoms with Gasteiger partial charge in [0, 0.05) is 19.2 Å². The highest BCUT2D eigenvalue weighted by atomic mass is 32.2. The number of ether oxygens (including phenoxy) is 3. The summed E-state index contributed by atoms with van der Waals surface area (Å²) < 4.78 is 43.3. The zero-order valence-corrected chi connectivity index (χ0v) is 18.6. The van der Waals surface area contributed by atoms with Crippen molar-refractivity contribution in [2.45, 2.75) is 11.8 Å². The summed E-state index contributed by atoms with van der Waals surface area (Å²) in [4.78, 5) is 12.5. The van der Waals surface area contributed by atoms with Gasteiger partial charge in [0.05, 0.1) is 33.1 Å². The van der Waals surface area contributed by atoms with Crippen LogP contribution in [0.5, 0.6) is 11.5 Å². The largest absolute Gasteiger partial charge is 0.495 e. The van der Waals surface area contributed by atoms with Crippen molar-refractivity contribution in [3.8, 4) is 11.5 Å². The molecule has 0 spiro atoms. The van der Waals surface area contributed by atoms with Gasteiger partial charge in [-0.25, -0.2) is 8.42 Å². The van der Waals surface area contributed by atoms with Gasteiger partial charge >= 0.3 is 0 Å². The minimum absolute atomic E-state index is 0.0554. The number of aryl methyl sites for hydroxylation is 1. The molecule has 1 aliphatic heterocycles. The molecule has 9 heteroatoms. The predicted octanol–water partition coefficient (Wildman–Crippen LogP) is 2.69. The molecule has 1 N–H and O–H groups in total. The second kappa shape index (κ2) is 9.95. The Kier molecular flexibility index (Phi) is 7.32. The summed E-state index contributed by atoms with van der Waals surface area (Å²) in [6, 6.07) is 10.2. The smallest absolute Gasteiger partial charge is 0.248 e. The molecule has 31 heavy (non-hydrogen) atoms. The summed E-state index contributed by atoms with van der Waals surface area (Å²) in [5.74, 6) is 0.436. The highest BCUT2D eigenvalue weighted by Crippen LogP contribution is 2.29. The maximum Gasteiger partial charge on any atom is 0.248 e. The summed E-state index contributed by atoms with van der Waals surface area (Å²) in [7, 11) is -0.797. The molecule has 2 aromatic rings. The van der Waals surface area contributed by atoms with Gasteiger partial charge in [-0.2, -0.15) is 4.31 Å². The molecule has 1 aliphatic rings. The molecule has 1 saturated heterocycles. The molecule has 1 amide bonds. The normalized spacial score (nSPS) is 15.1. The molecule has 0 radical (unpaired) electrons. The number of benzene rings is 2. The molecule has 1 heterocycles. The summed E-state index contributed by atoms with van der Waals surface area (Å²) in [5, 5.41) is 2.78. The van der Waals surface area contributed by atoms with E-state index in [0.717, 1.165) is 5.56 Å². The van der Waals surface area contributed by atoms with E-state index in [1.165, 1.54) is 30.7 Å². The first-order chi connectivity index (χ1) is 14.8. The van der Waals surface area contributed by atoms with Crippen LogP contribution < -0.4 is 14.8 Å². The lowest BCUT2D eigenvalue weighted by Crippen LogP contribution is -2.40. The Bertz CT molecular complexity index is 1080. The maximum absolute atomic E-state index is 13.1. The van der Waals surface area contributed by atoms with Crippen molar-refractivity contribution in [3.05, 3.63) is 53.6 Å². The topological polar surface area (TPSA) is 94.2 Å². The van der Waals surface area contributed by atoms with Crippen molar-refractivity contribution in [2.24, 2.45) is 0 Å². The van der Waals surface area contributed by atoms with Crippen LogP contribution in [-0.2, 0) is 19.6 Å². The highest BCUT2D eigenvalue weighted by Gasteiger charge is 2.29. The molecule has 2 aromatic carbocycles. The van der Waals surface area contributed by atoms with Crippen LogP contribution in [0.25, 0.3) is 6.08 Å². The molecule has 1 fully saturated rings. The molecule has 0 atom stereocenters. The quantitative estimate of drug-likeness (QED) is 0.658. The molecule has 0 saturated carbocycles. The molecule has 0 unspecified atom stereocenters. The number of nitrogens with one attached hydrogen (secondary N) is 1. The maximum atomic E-state index is 13.1. The van der Waals surface area contributed by atoms with Crippen LogP contribution in [0.1, 0.15) is 11.1 Å². The molecule has 0 aromatic heterocycles. The van der Waals surface area contributed by atoms with Gasteiger partial charge in [-0.05, 0) is 48.4 Å². The second-order valence-corrected chi connectivity index (χ2v) is 8.86. The van der Waals surface area contributed by atoms with Crippen LogP contribution in [0.15, 0.2) is 47.4 Å². The number of hydrogen-bond donors (Lipinski definition) is 1. The first kappa shape index (κ1) is 22.8. The summed E-state index contributed by atoms with van der Waals surface area (Å²) >= 11 is 0. The number of amides is 1. The van der Waals surface area contributed by atoms with E-state index in [4.69, 9.17) is 14.2 Å². The van der Waals surface area contributed by atoms with Crippen molar-refractivity contribution in [2.75, 3.05) is 45.8 Å². The van der Waals surface area contributed by atoms with E-state index in [2.05, 4.69) is 5.32 Å². The number of sulfonamides is 1. The Labute approximate surface area is 182 Å². The van der Waals surface area contributed by atoms with Crippen molar-refractivity contribution < 1.29 is 27.4 Å². The fourth-order valence-corrected chi connectivity index (χ4v) is 4.79. The summed E-state index contributed by atoms with van der Waals surface area (Å²) in [6.07, 6.45) is 2.89. The molecule has 0 bridgehead atoms. The lowest BCUT2D eigenvalue weighted by atomic mass is 10.2. The average molecular weight is 447 g/mol. The van der Waals surface area contributed by atoms with Gasteiger partial charge in [0.2, 0.25) is 15.9 Å². The van der Waals surface area contributed by atoms with E-state index < -0.39 is 10.0 Å². The SMILES string of the molecule is COc1ccc(C)cc1NC(=O)/C=C/c1ccc(OC)c(S(=O)(=O)N2CCOCC2)c1. The van der Waals surface area contributed by atoms with Crippen LogP contribution in [0.3, 0.4) is 0 Å². The van der Waals surface area contributed by atoms with Gasteiger partial charge in [0.15, 0.2) is 0 Å². The highest BCUT2D eigenvalue weighted by molar-refractivity contribution is 7.89. The minimum atomic E-state index is -3.75. The van der Waals surface area contributed by atoms with Crippen molar-refractivity contribution in [1.82, 2.24) is 4.31 Å². The zero-order chi connectivity index (χ0) is 22.4. The second-order valence-electron chi connectivity index (χ2n) is 6.95. The third kappa shape index (κ3) is 5.43. The molecule has 0 aliphatic carbocycles. The molecular formula is C22H26N2O6S. The number of morpholine rings is 1. The van der Waals surface area contributed by atoms with E-state index >= 15 is 0 Å². The van der Waals surface area contributed by atoms with Crippen LogP contribution in [-0.4, -0.2) is 59.2 Å². The van der Waals surface area contributed by atoms with Crippen molar-refractivity contribution in [3.63, 3.8) is 0 Å². The van der Waals surface area contributed by atoms with Crippen molar-refractivity contribution in [1.29, 1.82) is 0 Å². The molecule has 8 nitrogen and oxygen atoms in total. The van der Waals surface area contributed by atoms with E-state index in [9.17, 15) is 13.2 Å². The standard InChI is InChI=1S/C22H26N2O6S/c1-16-4-7-19(28-2)18(14-16)23-22(25)9-6-17-5-8-20(29-3)21(15-17)31(26,27)24-10-12-30-13-11-24/h4-9,14-15H,10-13H2,1-3H3,(H,23,25)/b9-6+. The minimum Gasteiger partial charge on any atom is -0.495 e. The molecule has 166 valence electrons. The van der Waals surface area contributed by atoms with Gasteiger partial charge < -0.3 is 19.5 Å². The number of methoxy groups -OCH3 is 2. The predicted molar refractivity (Wildman–Crippen MR) is 118 cm³/mol. The van der Waals surface area contributed by atoms with E-state index in [-0.39, 0.29) is 29.6 Å². The fourth-order valence-electron chi connectivity index (χ4n) is 3.19. The van der Waals surface area contributed by atoms with Gasteiger partial charge in [-0.15, -0.1) is 0 Å². The van der Waals surface area contributed by atoms with Gasteiger partial charge in [-0.1, -0.05) is 12.1 Å². The number of carbonyl (C=O) groups is 1. The van der Waals surface area contributed by atoms with Gasteiger partial charge in [0.1, 0.15) is 16.4 Å². The molecule has 3 rings (SSSR count). The van der Waals surface area contributed by atoms with E-state index in [0.29, 0.717) is 30.2 Å². The lowest BCUT2D eigenvalue weighted by Gasteiger charge is -2.26. The lowest BCUT2D eigenvalue weighted by molar-refractivity contribution is -0.111. The van der Waals surface area contributed by atoms with Crippen LogP contribution >= 0.6 is 0 Å². The third-order valence-electron chi connectivity index (χ3n) is 4.82. The van der Waals surface area contributed by atoms with E-state index in [1.807, 2.05) is 19.1 Å². The summed E-state index contributed by atoms with van der Waals surface area (Å²) in [6.45, 7) is 3.19. The Hall–Kier alpha value is -2.88. The van der Waals surface area contributed by atoms with Crippen molar-refractivity contribution >= 4 is 27.7 Å². The number of rotatable bonds is 7. The van der Waals surface area contributed by atoms with Crippen LogP contribution in [0, 0.1) is 6.92 Å². The Morgan fingerprint density at radius 3 is 2.42 bits per heavy atom.